The van der Waals surface area contributed by atoms with Crippen molar-refractivity contribution in [2.75, 3.05) is 13.2 Å². The molecule has 0 radical (unpaired) electrons. The van der Waals surface area contributed by atoms with Gasteiger partial charge in [0.05, 0.1) is 6.10 Å². The zero-order chi connectivity index (χ0) is 12.1. The predicted molar refractivity (Wildman–Crippen MR) is 72.2 cm³/mol. The van der Waals surface area contributed by atoms with Gasteiger partial charge in [-0.1, -0.05) is 25.5 Å². The Labute approximate surface area is 106 Å². The maximum absolute atomic E-state index is 5.80. The monoisotopic (exact) mass is 237 g/mol. The number of ether oxygens (including phenoxy) is 1. The summed E-state index contributed by atoms with van der Waals surface area (Å²) < 4.78 is 5.80. The van der Waals surface area contributed by atoms with Gasteiger partial charge in [-0.3, -0.25) is 0 Å². The highest BCUT2D eigenvalue weighted by molar-refractivity contribution is 5.07. The van der Waals surface area contributed by atoms with Crippen LogP contribution in [0.5, 0.6) is 0 Å². The molecule has 1 heterocycles. The number of hydrogen-bond acceptors (Lipinski definition) is 2. The third-order valence-corrected chi connectivity index (χ3v) is 4.07. The van der Waals surface area contributed by atoms with Crippen LogP contribution in [0.1, 0.15) is 52.4 Å². The largest absolute Gasteiger partial charge is 0.378 e. The molecule has 1 saturated heterocycles. The Hall–Kier alpha value is -0.340. The number of rotatable bonds is 5. The van der Waals surface area contributed by atoms with E-state index in [-0.39, 0.29) is 0 Å². The van der Waals surface area contributed by atoms with E-state index in [9.17, 15) is 0 Å². The lowest BCUT2D eigenvalue weighted by Gasteiger charge is -2.32. The van der Waals surface area contributed by atoms with E-state index in [1.807, 2.05) is 0 Å². The van der Waals surface area contributed by atoms with Crippen molar-refractivity contribution >= 4 is 0 Å². The van der Waals surface area contributed by atoms with Crippen molar-refractivity contribution in [1.29, 1.82) is 0 Å². The summed E-state index contributed by atoms with van der Waals surface area (Å²) in [6.45, 7) is 6.61. The van der Waals surface area contributed by atoms with Crippen LogP contribution >= 0.6 is 0 Å². The van der Waals surface area contributed by atoms with Crippen LogP contribution in [0.3, 0.4) is 0 Å². The molecule has 0 saturated carbocycles. The fraction of sp³-hybridized carbons (Fsp3) is 0.867. The van der Waals surface area contributed by atoms with E-state index in [4.69, 9.17) is 4.74 Å². The highest BCUT2D eigenvalue weighted by atomic mass is 16.5. The van der Waals surface area contributed by atoms with E-state index in [0.717, 1.165) is 13.2 Å². The number of allylic oxidation sites excluding steroid dienone is 1. The summed E-state index contributed by atoms with van der Waals surface area (Å²) in [6, 6.07) is 0.679. The first-order chi connectivity index (χ1) is 8.25. The zero-order valence-electron chi connectivity index (χ0n) is 11.4. The minimum Gasteiger partial charge on any atom is -0.378 e. The molecule has 98 valence electrons. The second-order valence-electron chi connectivity index (χ2n) is 5.83. The highest BCUT2D eigenvalue weighted by Crippen LogP contribution is 2.22. The van der Waals surface area contributed by atoms with E-state index in [0.29, 0.717) is 18.1 Å². The molecule has 1 fully saturated rings. The molecule has 1 N–H and O–H groups in total. The molecule has 0 aromatic heterocycles. The SMILES string of the molecule is CC(C)C1CC(NCCC2=CCCC2)CCO1. The molecular weight excluding hydrogens is 210 g/mol. The lowest BCUT2D eigenvalue weighted by molar-refractivity contribution is -0.0241. The first kappa shape index (κ1) is 13.1. The van der Waals surface area contributed by atoms with Gasteiger partial charge in [0, 0.05) is 12.6 Å². The maximum atomic E-state index is 5.80. The highest BCUT2D eigenvalue weighted by Gasteiger charge is 2.24. The van der Waals surface area contributed by atoms with E-state index in [1.54, 1.807) is 5.57 Å². The molecule has 0 amide bonds. The van der Waals surface area contributed by atoms with Gasteiger partial charge in [0.15, 0.2) is 0 Å². The van der Waals surface area contributed by atoms with Crippen molar-refractivity contribution in [1.82, 2.24) is 5.32 Å². The smallest absolute Gasteiger partial charge is 0.0612 e. The van der Waals surface area contributed by atoms with Gasteiger partial charge in [0.2, 0.25) is 0 Å². The normalized spacial score (nSPS) is 29.7. The summed E-state index contributed by atoms with van der Waals surface area (Å²) in [5, 5.41) is 3.71. The van der Waals surface area contributed by atoms with Crippen LogP contribution in [0, 0.1) is 5.92 Å². The molecule has 2 rings (SSSR count). The molecule has 2 nitrogen and oxygen atoms in total. The van der Waals surface area contributed by atoms with Crippen LogP contribution in [0.2, 0.25) is 0 Å². The molecule has 1 aliphatic heterocycles. The Balaban J connectivity index is 1.64. The second-order valence-corrected chi connectivity index (χ2v) is 5.83. The van der Waals surface area contributed by atoms with Gasteiger partial charge in [-0.15, -0.1) is 0 Å². The van der Waals surface area contributed by atoms with Gasteiger partial charge in [-0.25, -0.2) is 0 Å². The molecule has 2 atom stereocenters. The summed E-state index contributed by atoms with van der Waals surface area (Å²) in [6.07, 6.45) is 10.5. The fourth-order valence-corrected chi connectivity index (χ4v) is 2.88. The van der Waals surface area contributed by atoms with Gasteiger partial charge < -0.3 is 10.1 Å². The standard InChI is InChI=1S/C15H27NO/c1-12(2)15-11-14(8-10-17-15)16-9-7-13-5-3-4-6-13/h5,12,14-16H,3-4,6-11H2,1-2H3. The predicted octanol–water partition coefficient (Wildman–Crippen LogP) is 3.28. The van der Waals surface area contributed by atoms with Crippen LogP contribution in [-0.2, 0) is 4.74 Å². The fourth-order valence-electron chi connectivity index (χ4n) is 2.88. The summed E-state index contributed by atoms with van der Waals surface area (Å²) in [5.74, 6) is 0.650. The lowest BCUT2D eigenvalue weighted by Crippen LogP contribution is -2.41. The Morgan fingerprint density at radius 3 is 3.06 bits per heavy atom. The van der Waals surface area contributed by atoms with Crippen LogP contribution in [0.25, 0.3) is 0 Å². The molecule has 1 aliphatic carbocycles. The van der Waals surface area contributed by atoms with Gasteiger partial charge in [-0.2, -0.15) is 0 Å². The molecular formula is C15H27NO. The van der Waals surface area contributed by atoms with E-state index < -0.39 is 0 Å². The van der Waals surface area contributed by atoms with E-state index in [2.05, 4.69) is 25.2 Å². The summed E-state index contributed by atoms with van der Waals surface area (Å²) in [7, 11) is 0. The Kier molecular flexibility index (Phi) is 5.05. The average molecular weight is 237 g/mol. The van der Waals surface area contributed by atoms with Crippen molar-refractivity contribution < 1.29 is 4.74 Å². The molecule has 0 spiro atoms. The van der Waals surface area contributed by atoms with E-state index >= 15 is 0 Å². The van der Waals surface area contributed by atoms with Crippen LogP contribution < -0.4 is 5.32 Å². The van der Waals surface area contributed by atoms with Crippen molar-refractivity contribution in [3.8, 4) is 0 Å². The quantitative estimate of drug-likeness (QED) is 0.741. The summed E-state index contributed by atoms with van der Waals surface area (Å²) >= 11 is 0. The van der Waals surface area contributed by atoms with Crippen LogP contribution in [0.15, 0.2) is 11.6 Å². The molecule has 0 bridgehead atoms. The Morgan fingerprint density at radius 2 is 2.35 bits per heavy atom. The van der Waals surface area contributed by atoms with Gasteiger partial charge in [0.1, 0.15) is 0 Å². The maximum Gasteiger partial charge on any atom is 0.0612 e. The molecule has 2 unspecified atom stereocenters. The minimum absolute atomic E-state index is 0.465. The van der Waals surface area contributed by atoms with Crippen molar-refractivity contribution in [3.63, 3.8) is 0 Å². The first-order valence-electron chi connectivity index (χ1n) is 7.28. The zero-order valence-corrected chi connectivity index (χ0v) is 11.4. The van der Waals surface area contributed by atoms with Crippen molar-refractivity contribution in [3.05, 3.63) is 11.6 Å². The molecule has 0 aromatic carbocycles. The van der Waals surface area contributed by atoms with Gasteiger partial charge in [0.25, 0.3) is 0 Å². The van der Waals surface area contributed by atoms with Crippen LogP contribution in [-0.4, -0.2) is 25.3 Å². The molecule has 2 heteroatoms. The first-order valence-corrected chi connectivity index (χ1v) is 7.28. The van der Waals surface area contributed by atoms with Crippen molar-refractivity contribution in [2.24, 2.45) is 5.92 Å². The van der Waals surface area contributed by atoms with Crippen LogP contribution in [0.4, 0.5) is 0 Å². The number of hydrogen-bond donors (Lipinski definition) is 1. The minimum atomic E-state index is 0.465. The summed E-state index contributed by atoms with van der Waals surface area (Å²) in [5.41, 5.74) is 1.67. The van der Waals surface area contributed by atoms with Gasteiger partial charge >= 0.3 is 0 Å². The third-order valence-electron chi connectivity index (χ3n) is 4.07. The molecule has 17 heavy (non-hydrogen) atoms. The number of nitrogens with one attached hydrogen (secondary N) is 1. The van der Waals surface area contributed by atoms with Crippen molar-refractivity contribution in [2.45, 2.75) is 64.5 Å². The Morgan fingerprint density at radius 1 is 1.47 bits per heavy atom. The topological polar surface area (TPSA) is 21.3 Å². The third kappa shape index (κ3) is 4.11. The molecule has 0 aromatic rings. The Bertz CT molecular complexity index is 260. The molecule has 2 aliphatic rings. The summed E-state index contributed by atoms with van der Waals surface area (Å²) in [4.78, 5) is 0. The van der Waals surface area contributed by atoms with Gasteiger partial charge in [-0.05, 0) is 51.0 Å². The lowest BCUT2D eigenvalue weighted by atomic mass is 9.95. The second kappa shape index (κ2) is 6.55. The van der Waals surface area contributed by atoms with E-state index in [1.165, 1.54) is 38.5 Å². The average Bonchev–Trinajstić information content (AvgIpc) is 2.82.